The van der Waals surface area contributed by atoms with Gasteiger partial charge < -0.3 is 5.32 Å². The van der Waals surface area contributed by atoms with Crippen LogP contribution in [0.15, 0.2) is 78.9 Å². The van der Waals surface area contributed by atoms with Crippen LogP contribution in [0.2, 0.25) is 10.0 Å². The number of nitrogens with one attached hydrogen (secondary N) is 1. The Hall–Kier alpha value is -2.66. The molecule has 6 heteroatoms. The number of rotatable bonds is 8. The van der Waals surface area contributed by atoms with E-state index in [-0.39, 0.29) is 0 Å². The molecular formula is C24H22Cl2N4. The monoisotopic (exact) mass is 436 g/mol. The largest absolute Gasteiger partial charge is 0.311 e. The van der Waals surface area contributed by atoms with Crippen molar-refractivity contribution < 1.29 is 0 Å². The molecule has 4 nitrogen and oxygen atoms in total. The maximum Gasteiger partial charge on any atom is 0.117 e. The van der Waals surface area contributed by atoms with Crippen molar-refractivity contribution in [3.63, 3.8) is 0 Å². The minimum absolute atomic E-state index is 0.629. The second kappa shape index (κ2) is 9.90. The maximum atomic E-state index is 6.27. The van der Waals surface area contributed by atoms with Crippen molar-refractivity contribution in [1.82, 2.24) is 20.3 Å². The summed E-state index contributed by atoms with van der Waals surface area (Å²) in [5.41, 5.74) is 5.14. The zero-order valence-corrected chi connectivity index (χ0v) is 17.9. The highest BCUT2D eigenvalue weighted by Crippen LogP contribution is 2.22. The Kier molecular flexibility index (Phi) is 6.80. The van der Waals surface area contributed by atoms with Crippen LogP contribution in [0, 0.1) is 0 Å². The van der Waals surface area contributed by atoms with E-state index in [1.54, 1.807) is 10.9 Å². The Morgan fingerprint density at radius 3 is 2.30 bits per heavy atom. The fraction of sp³-hybridized carbons (Fsp3) is 0.167. The van der Waals surface area contributed by atoms with E-state index in [0.29, 0.717) is 23.1 Å². The molecule has 1 aromatic heterocycles. The Morgan fingerprint density at radius 1 is 0.833 bits per heavy atom. The summed E-state index contributed by atoms with van der Waals surface area (Å²) in [5.74, 6) is 0. The van der Waals surface area contributed by atoms with E-state index in [4.69, 9.17) is 33.4 Å². The van der Waals surface area contributed by atoms with Crippen LogP contribution >= 0.6 is 23.2 Å². The smallest absolute Gasteiger partial charge is 0.117 e. The van der Waals surface area contributed by atoms with E-state index < -0.39 is 0 Å². The summed E-state index contributed by atoms with van der Waals surface area (Å²) in [6, 6.07) is 26.0. The molecule has 0 fully saturated rings. The molecule has 152 valence electrons. The van der Waals surface area contributed by atoms with Gasteiger partial charge in [-0.15, -0.1) is 0 Å². The molecule has 0 unspecified atom stereocenters. The third-order valence-corrected chi connectivity index (χ3v) is 5.40. The number of hydrogen-bond donors (Lipinski definition) is 1. The summed E-state index contributed by atoms with van der Waals surface area (Å²) < 4.78 is 0. The fourth-order valence-electron chi connectivity index (χ4n) is 3.29. The summed E-state index contributed by atoms with van der Waals surface area (Å²) >= 11 is 12.2. The molecule has 0 aliphatic heterocycles. The van der Waals surface area contributed by atoms with Gasteiger partial charge in [0.2, 0.25) is 0 Å². The highest BCUT2D eigenvalue weighted by molar-refractivity contribution is 6.35. The average Bonchev–Trinajstić information content (AvgIpc) is 3.16. The van der Waals surface area contributed by atoms with Gasteiger partial charge in [0.1, 0.15) is 11.4 Å². The topological polar surface area (TPSA) is 42.7 Å². The molecule has 0 saturated heterocycles. The van der Waals surface area contributed by atoms with Crippen molar-refractivity contribution in [3.8, 4) is 11.3 Å². The lowest BCUT2D eigenvalue weighted by Gasteiger charge is -2.06. The van der Waals surface area contributed by atoms with Crippen molar-refractivity contribution in [3.05, 3.63) is 106 Å². The second-order valence-electron chi connectivity index (χ2n) is 7.04. The number of benzene rings is 3. The highest BCUT2D eigenvalue weighted by atomic mass is 35.5. The van der Waals surface area contributed by atoms with Crippen molar-refractivity contribution >= 4 is 23.2 Å². The lowest BCUT2D eigenvalue weighted by Crippen LogP contribution is -2.18. The van der Waals surface area contributed by atoms with Gasteiger partial charge in [0.05, 0.1) is 6.54 Å². The molecule has 0 aliphatic rings. The summed E-state index contributed by atoms with van der Waals surface area (Å²) in [5, 5.41) is 14.3. The summed E-state index contributed by atoms with van der Waals surface area (Å²) in [7, 11) is 0. The predicted molar refractivity (Wildman–Crippen MR) is 123 cm³/mol. The second-order valence-corrected chi connectivity index (χ2v) is 7.88. The van der Waals surface area contributed by atoms with E-state index in [2.05, 4.69) is 29.6 Å². The van der Waals surface area contributed by atoms with Gasteiger partial charge in [0.15, 0.2) is 0 Å². The molecule has 0 bridgehead atoms. The standard InChI is InChI=1S/C24H22Cl2N4/c25-21-12-11-19(22(26)15-21)13-14-27-16-23-24(20-9-5-2-6-10-20)29-30(28-23)17-18-7-3-1-4-8-18/h1-12,15,27H,13-14,16-17H2. The Morgan fingerprint density at radius 2 is 1.57 bits per heavy atom. The van der Waals surface area contributed by atoms with Gasteiger partial charge in [-0.25, -0.2) is 0 Å². The van der Waals surface area contributed by atoms with Crippen LogP contribution in [0.3, 0.4) is 0 Å². The molecule has 4 rings (SSSR count). The molecule has 0 amide bonds. The minimum Gasteiger partial charge on any atom is -0.311 e. The van der Waals surface area contributed by atoms with Gasteiger partial charge >= 0.3 is 0 Å². The fourth-order valence-corrected chi connectivity index (χ4v) is 3.80. The predicted octanol–water partition coefficient (Wildman–Crippen LogP) is 5.63. The van der Waals surface area contributed by atoms with E-state index in [1.165, 1.54) is 5.56 Å². The Bertz CT molecular complexity index is 1090. The van der Waals surface area contributed by atoms with Crippen LogP contribution in [-0.4, -0.2) is 21.5 Å². The van der Waals surface area contributed by atoms with Crippen molar-refractivity contribution in [1.29, 1.82) is 0 Å². The SMILES string of the molecule is Clc1ccc(CCNCc2nn(Cc3ccccc3)nc2-c2ccccc2)c(Cl)c1. The zero-order valence-electron chi connectivity index (χ0n) is 16.4. The normalized spacial score (nSPS) is 11.0. The highest BCUT2D eigenvalue weighted by Gasteiger charge is 2.13. The molecule has 4 aromatic rings. The third kappa shape index (κ3) is 5.28. The van der Waals surface area contributed by atoms with Gasteiger partial charge in [0.25, 0.3) is 0 Å². The van der Waals surface area contributed by atoms with Crippen molar-refractivity contribution in [2.24, 2.45) is 0 Å². The van der Waals surface area contributed by atoms with Gasteiger partial charge in [-0.05, 0) is 36.2 Å². The molecule has 0 spiro atoms. The number of halogens is 2. The summed E-state index contributed by atoms with van der Waals surface area (Å²) in [6.45, 7) is 2.05. The molecule has 1 heterocycles. The summed E-state index contributed by atoms with van der Waals surface area (Å²) in [4.78, 5) is 1.77. The molecular weight excluding hydrogens is 415 g/mol. The number of hydrogen-bond acceptors (Lipinski definition) is 3. The first-order chi connectivity index (χ1) is 14.7. The van der Waals surface area contributed by atoms with Crippen molar-refractivity contribution in [2.75, 3.05) is 6.54 Å². The van der Waals surface area contributed by atoms with E-state index in [1.807, 2.05) is 48.5 Å². The number of nitrogens with zero attached hydrogens (tertiary/aromatic N) is 3. The first kappa shape index (κ1) is 20.6. The molecule has 0 saturated carbocycles. The first-order valence-corrected chi connectivity index (χ1v) is 10.6. The van der Waals surface area contributed by atoms with Crippen LogP contribution in [0.1, 0.15) is 16.8 Å². The lowest BCUT2D eigenvalue weighted by molar-refractivity contribution is 0.577. The van der Waals surface area contributed by atoms with Crippen LogP contribution in [0.4, 0.5) is 0 Å². The van der Waals surface area contributed by atoms with Crippen LogP contribution in [-0.2, 0) is 19.5 Å². The average molecular weight is 437 g/mol. The summed E-state index contributed by atoms with van der Waals surface area (Å²) in [6.07, 6.45) is 0.814. The molecule has 0 aliphatic carbocycles. The van der Waals surface area contributed by atoms with Crippen LogP contribution < -0.4 is 5.32 Å². The van der Waals surface area contributed by atoms with Gasteiger partial charge in [-0.1, -0.05) is 89.9 Å². The minimum atomic E-state index is 0.629. The number of aromatic nitrogens is 3. The van der Waals surface area contributed by atoms with Gasteiger partial charge in [0, 0.05) is 22.2 Å². The molecule has 1 N–H and O–H groups in total. The molecule has 3 aromatic carbocycles. The van der Waals surface area contributed by atoms with Crippen molar-refractivity contribution in [2.45, 2.75) is 19.5 Å². The van der Waals surface area contributed by atoms with E-state index >= 15 is 0 Å². The van der Waals surface area contributed by atoms with Gasteiger partial charge in [-0.2, -0.15) is 15.0 Å². The Balaban J connectivity index is 1.46. The first-order valence-electron chi connectivity index (χ1n) is 9.87. The maximum absolute atomic E-state index is 6.27. The quantitative estimate of drug-likeness (QED) is 0.363. The van der Waals surface area contributed by atoms with E-state index in [0.717, 1.165) is 35.5 Å². The van der Waals surface area contributed by atoms with Gasteiger partial charge in [-0.3, -0.25) is 0 Å². The molecule has 30 heavy (non-hydrogen) atoms. The Labute approximate surface area is 186 Å². The zero-order chi connectivity index (χ0) is 20.8. The lowest BCUT2D eigenvalue weighted by atomic mass is 10.1. The molecule has 0 radical (unpaired) electrons. The van der Waals surface area contributed by atoms with E-state index in [9.17, 15) is 0 Å². The van der Waals surface area contributed by atoms with Crippen LogP contribution in [0.25, 0.3) is 11.3 Å². The van der Waals surface area contributed by atoms with Crippen LogP contribution in [0.5, 0.6) is 0 Å². The molecule has 0 atom stereocenters. The third-order valence-electron chi connectivity index (χ3n) is 4.82.